The standard InChI is InChI=1S/C16H21N3O/c1-19-10-9-14(12-19)11-18-16(20)15(17)8-7-13-5-3-2-4-6-13/h2-6,9-10,12,15H,7-8,11,17H2,1H3,(H,18,20). The number of carbonyl (C=O) groups is 1. The van der Waals surface area contributed by atoms with Gasteiger partial charge in [-0.05, 0) is 30.0 Å². The highest BCUT2D eigenvalue weighted by molar-refractivity contribution is 5.81. The summed E-state index contributed by atoms with van der Waals surface area (Å²) in [7, 11) is 1.96. The Kier molecular flexibility index (Phi) is 4.96. The van der Waals surface area contributed by atoms with Crippen LogP contribution in [0.4, 0.5) is 0 Å². The van der Waals surface area contributed by atoms with Gasteiger partial charge in [-0.3, -0.25) is 4.79 Å². The summed E-state index contributed by atoms with van der Waals surface area (Å²) in [6, 6.07) is 11.6. The van der Waals surface area contributed by atoms with Gasteiger partial charge >= 0.3 is 0 Å². The van der Waals surface area contributed by atoms with Gasteiger partial charge in [-0.15, -0.1) is 0 Å². The maximum absolute atomic E-state index is 11.9. The minimum absolute atomic E-state index is 0.0928. The molecule has 2 rings (SSSR count). The fourth-order valence-electron chi connectivity index (χ4n) is 2.08. The van der Waals surface area contributed by atoms with Crippen LogP contribution >= 0.6 is 0 Å². The molecule has 1 unspecified atom stereocenters. The van der Waals surface area contributed by atoms with Crippen molar-refractivity contribution in [2.75, 3.05) is 0 Å². The number of aromatic nitrogens is 1. The number of hydrogen-bond acceptors (Lipinski definition) is 2. The third kappa shape index (κ3) is 4.24. The number of nitrogens with two attached hydrogens (primary N) is 1. The summed E-state index contributed by atoms with van der Waals surface area (Å²) in [6.45, 7) is 0.526. The Morgan fingerprint density at radius 2 is 2.00 bits per heavy atom. The maximum atomic E-state index is 11.9. The Morgan fingerprint density at radius 1 is 1.25 bits per heavy atom. The van der Waals surface area contributed by atoms with Crippen LogP contribution < -0.4 is 11.1 Å². The van der Waals surface area contributed by atoms with E-state index in [0.717, 1.165) is 12.0 Å². The van der Waals surface area contributed by atoms with Crippen LogP contribution in [0.25, 0.3) is 0 Å². The van der Waals surface area contributed by atoms with E-state index in [9.17, 15) is 4.79 Å². The molecule has 1 aromatic carbocycles. The van der Waals surface area contributed by atoms with Crippen LogP contribution in [0, 0.1) is 0 Å². The van der Waals surface area contributed by atoms with Crippen molar-refractivity contribution in [3.8, 4) is 0 Å². The first-order chi connectivity index (χ1) is 9.65. The molecule has 4 heteroatoms. The molecule has 0 fully saturated rings. The Morgan fingerprint density at radius 3 is 2.65 bits per heavy atom. The molecule has 20 heavy (non-hydrogen) atoms. The minimum Gasteiger partial charge on any atom is -0.357 e. The first-order valence-electron chi connectivity index (χ1n) is 6.83. The van der Waals surface area contributed by atoms with Gasteiger partial charge in [0.1, 0.15) is 0 Å². The molecule has 0 spiro atoms. The van der Waals surface area contributed by atoms with Crippen molar-refractivity contribution in [1.82, 2.24) is 9.88 Å². The molecule has 4 nitrogen and oxygen atoms in total. The molecule has 106 valence electrons. The van der Waals surface area contributed by atoms with Crippen molar-refractivity contribution in [3.05, 3.63) is 59.9 Å². The fraction of sp³-hybridized carbons (Fsp3) is 0.312. The third-order valence-corrected chi connectivity index (χ3v) is 3.28. The van der Waals surface area contributed by atoms with E-state index in [1.54, 1.807) is 0 Å². The summed E-state index contributed by atoms with van der Waals surface area (Å²) < 4.78 is 1.96. The van der Waals surface area contributed by atoms with Gasteiger partial charge in [0.15, 0.2) is 0 Å². The van der Waals surface area contributed by atoms with Crippen molar-refractivity contribution in [2.45, 2.75) is 25.4 Å². The van der Waals surface area contributed by atoms with Gasteiger partial charge < -0.3 is 15.6 Å². The number of hydrogen-bond donors (Lipinski definition) is 2. The number of amides is 1. The molecule has 2 aromatic rings. The van der Waals surface area contributed by atoms with E-state index in [2.05, 4.69) is 17.4 Å². The molecule has 1 amide bonds. The van der Waals surface area contributed by atoms with Crippen molar-refractivity contribution in [2.24, 2.45) is 12.8 Å². The average molecular weight is 271 g/mol. The van der Waals surface area contributed by atoms with Gasteiger partial charge in [0.05, 0.1) is 6.04 Å². The predicted molar refractivity (Wildman–Crippen MR) is 80.0 cm³/mol. The highest BCUT2D eigenvalue weighted by atomic mass is 16.2. The first kappa shape index (κ1) is 14.3. The van der Waals surface area contributed by atoms with E-state index >= 15 is 0 Å². The Balaban J connectivity index is 1.74. The van der Waals surface area contributed by atoms with E-state index in [0.29, 0.717) is 13.0 Å². The lowest BCUT2D eigenvalue weighted by molar-refractivity contribution is -0.122. The fourth-order valence-corrected chi connectivity index (χ4v) is 2.08. The number of carbonyl (C=O) groups excluding carboxylic acids is 1. The van der Waals surface area contributed by atoms with Gasteiger partial charge in [-0.2, -0.15) is 0 Å². The molecule has 0 saturated heterocycles. The van der Waals surface area contributed by atoms with Gasteiger partial charge in [0.25, 0.3) is 0 Å². The third-order valence-electron chi connectivity index (χ3n) is 3.28. The zero-order chi connectivity index (χ0) is 14.4. The van der Waals surface area contributed by atoms with E-state index < -0.39 is 6.04 Å². The predicted octanol–water partition coefficient (Wildman–Crippen LogP) is 1.60. The molecule has 1 aromatic heterocycles. The summed E-state index contributed by atoms with van der Waals surface area (Å²) in [4.78, 5) is 11.9. The quantitative estimate of drug-likeness (QED) is 0.838. The van der Waals surface area contributed by atoms with Crippen LogP contribution in [0.15, 0.2) is 48.8 Å². The Hall–Kier alpha value is -2.07. The SMILES string of the molecule is Cn1ccc(CNC(=O)C(N)CCc2ccccc2)c1. The van der Waals surface area contributed by atoms with E-state index in [1.165, 1.54) is 5.56 Å². The largest absolute Gasteiger partial charge is 0.357 e. The average Bonchev–Trinajstić information content (AvgIpc) is 2.89. The minimum atomic E-state index is -0.459. The summed E-state index contributed by atoms with van der Waals surface area (Å²) in [5, 5.41) is 2.87. The van der Waals surface area contributed by atoms with Crippen molar-refractivity contribution in [3.63, 3.8) is 0 Å². The molecule has 0 aliphatic heterocycles. The van der Waals surface area contributed by atoms with Gasteiger partial charge in [0, 0.05) is 26.0 Å². The number of aryl methyl sites for hydroxylation is 2. The number of rotatable bonds is 6. The second kappa shape index (κ2) is 6.91. The lowest BCUT2D eigenvalue weighted by Gasteiger charge is -2.11. The molecule has 3 N–H and O–H groups in total. The number of nitrogens with zero attached hydrogens (tertiary/aromatic N) is 1. The monoisotopic (exact) mass is 271 g/mol. The normalized spacial score (nSPS) is 12.1. The zero-order valence-corrected chi connectivity index (χ0v) is 11.8. The molecule has 0 saturated carbocycles. The summed E-state index contributed by atoms with van der Waals surface area (Å²) in [6.07, 6.45) is 5.41. The second-order valence-corrected chi connectivity index (χ2v) is 5.03. The summed E-state index contributed by atoms with van der Waals surface area (Å²) in [5.74, 6) is -0.0928. The Labute approximate surface area is 119 Å². The van der Waals surface area contributed by atoms with Gasteiger partial charge in [0.2, 0.25) is 5.91 Å². The second-order valence-electron chi connectivity index (χ2n) is 5.03. The van der Waals surface area contributed by atoms with E-state index in [-0.39, 0.29) is 5.91 Å². The lowest BCUT2D eigenvalue weighted by Crippen LogP contribution is -2.40. The lowest BCUT2D eigenvalue weighted by atomic mass is 10.1. The van der Waals surface area contributed by atoms with Crippen LogP contribution in [0.1, 0.15) is 17.5 Å². The van der Waals surface area contributed by atoms with Crippen LogP contribution in [0.2, 0.25) is 0 Å². The highest BCUT2D eigenvalue weighted by Crippen LogP contribution is 2.04. The smallest absolute Gasteiger partial charge is 0.237 e. The van der Waals surface area contributed by atoms with Gasteiger partial charge in [-0.1, -0.05) is 30.3 Å². The van der Waals surface area contributed by atoms with Crippen LogP contribution in [-0.2, 0) is 24.8 Å². The molecule has 0 bridgehead atoms. The van der Waals surface area contributed by atoms with Crippen molar-refractivity contribution in [1.29, 1.82) is 0 Å². The topological polar surface area (TPSA) is 60.0 Å². The molecule has 0 radical (unpaired) electrons. The van der Waals surface area contributed by atoms with Crippen LogP contribution in [-0.4, -0.2) is 16.5 Å². The van der Waals surface area contributed by atoms with Crippen molar-refractivity contribution >= 4 is 5.91 Å². The number of nitrogens with one attached hydrogen (secondary N) is 1. The maximum Gasteiger partial charge on any atom is 0.237 e. The van der Waals surface area contributed by atoms with Crippen LogP contribution in [0.5, 0.6) is 0 Å². The summed E-state index contributed by atoms with van der Waals surface area (Å²) >= 11 is 0. The molecular formula is C16H21N3O. The number of benzene rings is 1. The highest BCUT2D eigenvalue weighted by Gasteiger charge is 2.12. The molecule has 0 aliphatic rings. The molecular weight excluding hydrogens is 250 g/mol. The zero-order valence-electron chi connectivity index (χ0n) is 11.8. The molecule has 1 atom stereocenters. The molecule has 0 aliphatic carbocycles. The Bertz CT molecular complexity index is 548. The van der Waals surface area contributed by atoms with E-state index in [4.69, 9.17) is 5.73 Å². The van der Waals surface area contributed by atoms with Gasteiger partial charge in [-0.25, -0.2) is 0 Å². The van der Waals surface area contributed by atoms with Crippen molar-refractivity contribution < 1.29 is 4.79 Å². The summed E-state index contributed by atoms with van der Waals surface area (Å²) in [5.41, 5.74) is 8.20. The van der Waals surface area contributed by atoms with E-state index in [1.807, 2.05) is 48.3 Å². The first-order valence-corrected chi connectivity index (χ1v) is 6.83. The van der Waals surface area contributed by atoms with Crippen LogP contribution in [0.3, 0.4) is 0 Å². The molecule has 1 heterocycles.